The van der Waals surface area contributed by atoms with Crippen LogP contribution in [0.4, 0.5) is 17.5 Å². The smallest absolute Gasteiger partial charge is 0.229 e. The van der Waals surface area contributed by atoms with E-state index in [0.29, 0.717) is 5.95 Å². The van der Waals surface area contributed by atoms with E-state index in [9.17, 15) is 0 Å². The molecule has 0 spiro atoms. The molecule has 0 bridgehead atoms. The fourth-order valence-electron chi connectivity index (χ4n) is 1.68. The predicted molar refractivity (Wildman–Crippen MR) is 92.9 cm³/mol. The predicted octanol–water partition coefficient (Wildman–Crippen LogP) is 4.16. The Hall–Kier alpha value is -1.31. The third kappa shape index (κ3) is 4.87. The van der Waals surface area contributed by atoms with Crippen molar-refractivity contribution in [3.8, 4) is 0 Å². The van der Waals surface area contributed by atoms with E-state index < -0.39 is 0 Å². The average molecular weight is 368 g/mol. The van der Waals surface area contributed by atoms with Crippen LogP contribution in [0.1, 0.15) is 19.8 Å². The molecule has 0 aliphatic rings. The van der Waals surface area contributed by atoms with Crippen molar-refractivity contribution in [1.82, 2.24) is 9.97 Å². The lowest BCUT2D eigenvalue weighted by molar-refractivity contribution is 0.830. The summed E-state index contributed by atoms with van der Waals surface area (Å²) in [5.41, 5.74) is 0.926. The zero-order chi connectivity index (χ0) is 15.1. The second kappa shape index (κ2) is 8.21. The Morgan fingerprint density at radius 2 is 2.05 bits per heavy atom. The Balaban J connectivity index is 2.06. The number of nitrogens with two attached hydrogens (primary N) is 1. The minimum absolute atomic E-state index is 0.561. The van der Waals surface area contributed by atoms with Gasteiger partial charge in [0.2, 0.25) is 5.95 Å². The minimum atomic E-state index is 0.561. The monoisotopic (exact) mass is 367 g/mol. The van der Waals surface area contributed by atoms with Gasteiger partial charge in [0, 0.05) is 23.3 Å². The van der Waals surface area contributed by atoms with Gasteiger partial charge in [0.1, 0.15) is 5.82 Å². The summed E-state index contributed by atoms with van der Waals surface area (Å²) in [7, 11) is 0. The summed E-state index contributed by atoms with van der Waals surface area (Å²) >= 11 is 4.68. The number of halogens is 1. The molecule has 0 atom stereocenters. The quantitative estimate of drug-likeness (QED) is 0.503. The molecule has 4 N–H and O–H groups in total. The van der Waals surface area contributed by atoms with Crippen LogP contribution in [0.15, 0.2) is 39.8 Å². The summed E-state index contributed by atoms with van der Waals surface area (Å²) in [6.07, 6.45) is 4.00. The first-order valence-electron chi connectivity index (χ1n) is 6.73. The number of aromatic nitrogens is 2. The van der Waals surface area contributed by atoms with Crippen LogP contribution in [0, 0.1) is 0 Å². The third-order valence-electron chi connectivity index (χ3n) is 2.81. The molecule has 112 valence electrons. The number of rotatable bonds is 7. The van der Waals surface area contributed by atoms with Gasteiger partial charge in [0.15, 0.2) is 0 Å². The van der Waals surface area contributed by atoms with Crippen LogP contribution in [0.2, 0.25) is 0 Å². The van der Waals surface area contributed by atoms with Crippen molar-refractivity contribution in [3.05, 3.63) is 34.9 Å². The Bertz CT molecular complexity index is 576. The van der Waals surface area contributed by atoms with Crippen LogP contribution < -0.4 is 15.8 Å². The Morgan fingerprint density at radius 1 is 1.29 bits per heavy atom. The van der Waals surface area contributed by atoms with E-state index in [1.165, 1.54) is 11.9 Å². The molecule has 0 unspecified atom stereocenters. The van der Waals surface area contributed by atoms with Crippen LogP contribution in [0.3, 0.4) is 0 Å². The molecule has 0 amide bonds. The van der Waals surface area contributed by atoms with E-state index >= 15 is 0 Å². The van der Waals surface area contributed by atoms with E-state index in [2.05, 4.69) is 43.5 Å². The topological polar surface area (TPSA) is 75.9 Å². The highest BCUT2D eigenvalue weighted by Gasteiger charge is 2.05. The Labute approximate surface area is 137 Å². The van der Waals surface area contributed by atoms with Crippen molar-refractivity contribution in [2.24, 2.45) is 5.14 Å². The molecule has 0 saturated heterocycles. The summed E-state index contributed by atoms with van der Waals surface area (Å²) in [6, 6.07) is 7.80. The molecule has 0 saturated carbocycles. The maximum atomic E-state index is 5.50. The van der Waals surface area contributed by atoms with Crippen molar-refractivity contribution in [1.29, 1.82) is 0 Å². The van der Waals surface area contributed by atoms with Gasteiger partial charge in [-0.3, -0.25) is 5.14 Å². The number of anilines is 3. The van der Waals surface area contributed by atoms with Gasteiger partial charge in [-0.25, -0.2) is 4.98 Å². The first kappa shape index (κ1) is 16.1. The van der Waals surface area contributed by atoms with Crippen molar-refractivity contribution < 1.29 is 0 Å². The summed E-state index contributed by atoms with van der Waals surface area (Å²) in [4.78, 5) is 9.75. The molecule has 0 aliphatic heterocycles. The molecular weight excluding hydrogens is 350 g/mol. The highest BCUT2D eigenvalue weighted by atomic mass is 79.9. The molecule has 1 heterocycles. The lowest BCUT2D eigenvalue weighted by atomic mass is 10.3. The van der Waals surface area contributed by atoms with E-state index in [1.807, 2.05) is 24.3 Å². The molecule has 1 aromatic carbocycles. The lowest BCUT2D eigenvalue weighted by Gasteiger charge is -2.10. The molecule has 0 radical (unpaired) electrons. The second-order valence-electron chi connectivity index (χ2n) is 4.44. The molecule has 0 aliphatic carbocycles. The van der Waals surface area contributed by atoms with Gasteiger partial charge in [-0.2, -0.15) is 4.98 Å². The molecular formula is C14H18BrN5S. The summed E-state index contributed by atoms with van der Waals surface area (Å²) < 4.78 is 0.860. The van der Waals surface area contributed by atoms with E-state index in [0.717, 1.165) is 40.3 Å². The maximum Gasteiger partial charge on any atom is 0.229 e. The molecule has 21 heavy (non-hydrogen) atoms. The van der Waals surface area contributed by atoms with Crippen LogP contribution in [-0.4, -0.2) is 16.5 Å². The minimum Gasteiger partial charge on any atom is -0.369 e. The second-order valence-corrected chi connectivity index (χ2v) is 6.00. The summed E-state index contributed by atoms with van der Waals surface area (Å²) in [6.45, 7) is 3.06. The Morgan fingerprint density at radius 3 is 2.71 bits per heavy atom. The number of nitrogens with zero attached hydrogens (tertiary/aromatic N) is 2. The van der Waals surface area contributed by atoms with Crippen molar-refractivity contribution >= 4 is 45.3 Å². The highest BCUT2D eigenvalue weighted by Crippen LogP contribution is 2.23. The standard InChI is InChI=1S/C14H18BrN5S/c1-2-3-8-17-13-12(15)9-18-14(20-13)19-10-4-6-11(21-16)7-5-10/h4-7,9H,2-3,8,16H2,1H3,(H2,17,18,19,20). The van der Waals surface area contributed by atoms with Gasteiger partial charge >= 0.3 is 0 Å². The van der Waals surface area contributed by atoms with Gasteiger partial charge in [0.25, 0.3) is 0 Å². The van der Waals surface area contributed by atoms with Gasteiger partial charge in [0.05, 0.1) is 4.47 Å². The molecule has 5 nitrogen and oxygen atoms in total. The fourth-order valence-corrected chi connectivity index (χ4v) is 2.31. The van der Waals surface area contributed by atoms with Crippen LogP contribution >= 0.6 is 27.9 Å². The van der Waals surface area contributed by atoms with Crippen LogP contribution in [0.25, 0.3) is 0 Å². The number of benzene rings is 1. The van der Waals surface area contributed by atoms with Crippen molar-refractivity contribution in [2.75, 3.05) is 17.2 Å². The normalized spacial score (nSPS) is 10.4. The maximum absolute atomic E-state index is 5.50. The van der Waals surface area contributed by atoms with Crippen LogP contribution in [-0.2, 0) is 0 Å². The first-order chi connectivity index (χ1) is 10.2. The zero-order valence-corrected chi connectivity index (χ0v) is 14.2. The van der Waals surface area contributed by atoms with Gasteiger partial charge in [-0.15, -0.1) is 0 Å². The zero-order valence-electron chi connectivity index (χ0n) is 11.8. The SMILES string of the molecule is CCCCNc1nc(Nc2ccc(SN)cc2)ncc1Br. The van der Waals surface area contributed by atoms with Crippen molar-refractivity contribution in [3.63, 3.8) is 0 Å². The van der Waals surface area contributed by atoms with E-state index in [-0.39, 0.29) is 0 Å². The lowest BCUT2D eigenvalue weighted by Crippen LogP contribution is -2.06. The number of unbranched alkanes of at least 4 members (excludes halogenated alkanes) is 1. The largest absolute Gasteiger partial charge is 0.369 e. The van der Waals surface area contributed by atoms with E-state index in [4.69, 9.17) is 5.14 Å². The number of nitrogens with one attached hydrogen (secondary N) is 2. The summed E-state index contributed by atoms with van der Waals surface area (Å²) in [5, 5.41) is 12.0. The molecule has 0 fully saturated rings. The molecule has 2 rings (SSSR count). The Kier molecular flexibility index (Phi) is 6.28. The fraction of sp³-hybridized carbons (Fsp3) is 0.286. The summed E-state index contributed by atoms with van der Waals surface area (Å²) in [5.74, 6) is 1.36. The van der Waals surface area contributed by atoms with Gasteiger partial charge in [-0.05, 0) is 58.6 Å². The average Bonchev–Trinajstić information content (AvgIpc) is 2.51. The first-order valence-corrected chi connectivity index (χ1v) is 8.40. The van der Waals surface area contributed by atoms with Crippen molar-refractivity contribution in [2.45, 2.75) is 24.7 Å². The molecule has 7 heteroatoms. The number of hydrogen-bond donors (Lipinski definition) is 3. The molecule has 1 aromatic heterocycles. The highest BCUT2D eigenvalue weighted by molar-refractivity contribution is 9.10. The van der Waals surface area contributed by atoms with Gasteiger partial charge in [-0.1, -0.05) is 13.3 Å². The third-order valence-corrected chi connectivity index (χ3v) is 3.94. The van der Waals surface area contributed by atoms with Crippen LogP contribution in [0.5, 0.6) is 0 Å². The number of hydrogen-bond acceptors (Lipinski definition) is 6. The van der Waals surface area contributed by atoms with Gasteiger partial charge < -0.3 is 10.6 Å². The molecule has 2 aromatic rings. The van der Waals surface area contributed by atoms with E-state index in [1.54, 1.807) is 6.20 Å².